The molecule has 0 radical (unpaired) electrons. The van der Waals surface area contributed by atoms with Crippen LogP contribution in [0.2, 0.25) is 0 Å². The summed E-state index contributed by atoms with van der Waals surface area (Å²) in [5.41, 5.74) is 2.82. The number of hydrogen-bond acceptors (Lipinski definition) is 5. The van der Waals surface area contributed by atoms with Crippen molar-refractivity contribution in [2.45, 2.75) is 30.7 Å². The number of sulfonamides is 1. The Bertz CT molecular complexity index is 1260. The van der Waals surface area contributed by atoms with Crippen LogP contribution in [0.25, 0.3) is 0 Å². The quantitative estimate of drug-likeness (QED) is 0.609. The molecule has 0 unspecified atom stereocenters. The Kier molecular flexibility index (Phi) is 5.92. The van der Waals surface area contributed by atoms with Gasteiger partial charge in [-0.25, -0.2) is 8.42 Å². The molecule has 1 aliphatic rings. The average Bonchev–Trinajstić information content (AvgIpc) is 3.35. The number of hydrogen-bond donors (Lipinski definition) is 1. The highest BCUT2D eigenvalue weighted by Gasteiger charge is 2.24. The second kappa shape index (κ2) is 8.63. The van der Waals surface area contributed by atoms with Gasteiger partial charge in [0, 0.05) is 24.0 Å². The zero-order valence-electron chi connectivity index (χ0n) is 17.0. The first-order valence-corrected chi connectivity index (χ1v) is 12.1. The lowest BCUT2D eigenvalue weighted by Gasteiger charge is -2.17. The Morgan fingerprint density at radius 3 is 2.52 bits per heavy atom. The van der Waals surface area contributed by atoms with E-state index in [4.69, 9.17) is 0 Å². The molecule has 3 aromatic rings. The molecule has 0 atom stereocenters. The molecule has 1 aliphatic carbocycles. The second-order valence-corrected chi connectivity index (χ2v) is 10.5. The molecule has 0 aliphatic heterocycles. The number of aryl methyl sites for hydroxylation is 1. The molecule has 0 saturated heterocycles. The highest BCUT2D eigenvalue weighted by molar-refractivity contribution is 7.89. The van der Waals surface area contributed by atoms with Gasteiger partial charge in [-0.2, -0.15) is 9.57 Å². The monoisotopic (exact) mass is 451 g/mol. The average molecular weight is 452 g/mol. The standard InChI is InChI=1S/C23H21N3O3S2/c1-26(15-16-6-3-2-4-7-16)31(28,29)18-12-10-17(11-13-18)22(27)25-23-20(14-24)19-8-5-9-21(19)30-23/h2-4,6-7,10-13H,5,8-9,15H2,1H3,(H,25,27). The number of amides is 1. The van der Waals surface area contributed by atoms with Crippen LogP contribution in [-0.4, -0.2) is 25.7 Å². The van der Waals surface area contributed by atoms with Gasteiger partial charge in [-0.15, -0.1) is 11.3 Å². The topological polar surface area (TPSA) is 90.3 Å². The molecule has 0 saturated carbocycles. The molecule has 2 aromatic carbocycles. The molecule has 1 heterocycles. The Morgan fingerprint density at radius 1 is 1.13 bits per heavy atom. The van der Waals surface area contributed by atoms with E-state index < -0.39 is 10.0 Å². The number of nitriles is 1. The van der Waals surface area contributed by atoms with Crippen molar-refractivity contribution in [3.05, 3.63) is 81.7 Å². The van der Waals surface area contributed by atoms with E-state index in [1.807, 2.05) is 30.3 Å². The van der Waals surface area contributed by atoms with Gasteiger partial charge in [0.15, 0.2) is 0 Å². The van der Waals surface area contributed by atoms with Crippen LogP contribution in [-0.2, 0) is 29.4 Å². The van der Waals surface area contributed by atoms with Crippen LogP contribution in [0, 0.1) is 11.3 Å². The minimum Gasteiger partial charge on any atom is -0.312 e. The molecular formula is C23H21N3O3S2. The molecule has 0 spiro atoms. The van der Waals surface area contributed by atoms with Crippen molar-refractivity contribution in [3.8, 4) is 6.07 Å². The van der Waals surface area contributed by atoms with E-state index in [1.165, 1.54) is 47.0 Å². The maximum atomic E-state index is 12.9. The van der Waals surface area contributed by atoms with Crippen LogP contribution in [0.5, 0.6) is 0 Å². The van der Waals surface area contributed by atoms with E-state index in [9.17, 15) is 18.5 Å². The molecule has 1 amide bonds. The largest absolute Gasteiger partial charge is 0.312 e. The van der Waals surface area contributed by atoms with Gasteiger partial charge in [0.1, 0.15) is 11.1 Å². The molecule has 4 rings (SSSR count). The molecule has 0 bridgehead atoms. The number of carbonyl (C=O) groups excluding carboxylic acids is 1. The number of anilines is 1. The van der Waals surface area contributed by atoms with Gasteiger partial charge < -0.3 is 5.32 Å². The Morgan fingerprint density at radius 2 is 1.84 bits per heavy atom. The summed E-state index contributed by atoms with van der Waals surface area (Å²) in [6.45, 7) is 0.255. The smallest absolute Gasteiger partial charge is 0.256 e. The maximum absolute atomic E-state index is 12.9. The molecular weight excluding hydrogens is 430 g/mol. The van der Waals surface area contributed by atoms with Gasteiger partial charge in [-0.05, 0) is 54.7 Å². The lowest BCUT2D eigenvalue weighted by Crippen LogP contribution is -2.26. The highest BCUT2D eigenvalue weighted by Crippen LogP contribution is 2.38. The first-order chi connectivity index (χ1) is 14.9. The van der Waals surface area contributed by atoms with Gasteiger partial charge in [0.05, 0.1) is 10.5 Å². The Labute approximate surface area is 185 Å². The molecule has 1 N–H and O–H groups in total. The van der Waals surface area contributed by atoms with Crippen LogP contribution in [0.3, 0.4) is 0 Å². The van der Waals surface area contributed by atoms with Crippen molar-refractivity contribution in [3.63, 3.8) is 0 Å². The van der Waals surface area contributed by atoms with Gasteiger partial charge in [0.2, 0.25) is 10.0 Å². The van der Waals surface area contributed by atoms with Crippen molar-refractivity contribution >= 4 is 32.3 Å². The lowest BCUT2D eigenvalue weighted by molar-refractivity contribution is 0.102. The third-order valence-corrected chi connectivity index (χ3v) is 8.36. The lowest BCUT2D eigenvalue weighted by atomic mass is 10.1. The van der Waals surface area contributed by atoms with Gasteiger partial charge >= 0.3 is 0 Å². The fourth-order valence-electron chi connectivity index (χ4n) is 3.67. The first kappa shape index (κ1) is 21.2. The fourth-order valence-corrected chi connectivity index (χ4v) is 6.06. The van der Waals surface area contributed by atoms with Gasteiger partial charge in [-0.3, -0.25) is 4.79 Å². The first-order valence-electron chi connectivity index (χ1n) is 9.86. The SMILES string of the molecule is CN(Cc1ccccc1)S(=O)(=O)c1ccc(C(=O)Nc2sc3c(c2C#N)CCC3)cc1. The van der Waals surface area contributed by atoms with Crippen molar-refractivity contribution in [1.82, 2.24) is 4.31 Å². The maximum Gasteiger partial charge on any atom is 0.256 e. The van der Waals surface area contributed by atoms with E-state index in [0.29, 0.717) is 16.1 Å². The van der Waals surface area contributed by atoms with Crippen molar-refractivity contribution in [1.29, 1.82) is 5.26 Å². The number of rotatable bonds is 6. The van der Waals surface area contributed by atoms with Crippen molar-refractivity contribution < 1.29 is 13.2 Å². The molecule has 8 heteroatoms. The van der Waals surface area contributed by atoms with Crippen LogP contribution in [0.1, 0.15) is 38.3 Å². The number of benzene rings is 2. The second-order valence-electron chi connectivity index (χ2n) is 7.40. The highest BCUT2D eigenvalue weighted by atomic mass is 32.2. The number of carbonyl (C=O) groups is 1. The summed E-state index contributed by atoms with van der Waals surface area (Å²) < 4.78 is 27.0. The summed E-state index contributed by atoms with van der Waals surface area (Å²) in [4.78, 5) is 14.0. The number of nitrogens with one attached hydrogen (secondary N) is 1. The van der Waals surface area contributed by atoms with E-state index >= 15 is 0 Å². The minimum atomic E-state index is -3.69. The predicted molar refractivity (Wildman–Crippen MR) is 121 cm³/mol. The molecule has 6 nitrogen and oxygen atoms in total. The summed E-state index contributed by atoms with van der Waals surface area (Å²) in [6.07, 6.45) is 2.85. The molecule has 158 valence electrons. The van der Waals surface area contributed by atoms with Crippen LogP contribution >= 0.6 is 11.3 Å². The van der Waals surface area contributed by atoms with E-state index in [-0.39, 0.29) is 17.3 Å². The minimum absolute atomic E-state index is 0.121. The number of thiophene rings is 1. The molecule has 1 aromatic heterocycles. The third-order valence-electron chi connectivity index (χ3n) is 5.33. The third kappa shape index (κ3) is 4.26. The summed E-state index contributed by atoms with van der Waals surface area (Å²) >= 11 is 1.45. The van der Waals surface area contributed by atoms with Crippen LogP contribution < -0.4 is 5.32 Å². The summed E-state index contributed by atoms with van der Waals surface area (Å²) in [5, 5.41) is 12.9. The van der Waals surface area contributed by atoms with E-state index in [1.54, 1.807) is 0 Å². The van der Waals surface area contributed by atoms with Crippen LogP contribution in [0.4, 0.5) is 5.00 Å². The van der Waals surface area contributed by atoms with Gasteiger partial charge in [-0.1, -0.05) is 30.3 Å². The predicted octanol–water partition coefficient (Wildman–Crippen LogP) is 4.18. The fraction of sp³-hybridized carbons (Fsp3) is 0.217. The summed E-state index contributed by atoms with van der Waals surface area (Å²) in [7, 11) is -2.16. The zero-order valence-corrected chi connectivity index (χ0v) is 18.6. The normalized spacial score (nSPS) is 13.1. The number of fused-ring (bicyclic) bond motifs is 1. The van der Waals surface area contributed by atoms with Crippen molar-refractivity contribution in [2.24, 2.45) is 0 Å². The summed E-state index contributed by atoms with van der Waals surface area (Å²) in [5.74, 6) is -0.363. The zero-order chi connectivity index (χ0) is 22.0. The molecule has 31 heavy (non-hydrogen) atoms. The van der Waals surface area contributed by atoms with Crippen LogP contribution in [0.15, 0.2) is 59.5 Å². The number of nitrogens with zero attached hydrogens (tertiary/aromatic N) is 2. The molecule has 0 fully saturated rings. The van der Waals surface area contributed by atoms with Crippen molar-refractivity contribution in [2.75, 3.05) is 12.4 Å². The van der Waals surface area contributed by atoms with E-state index in [2.05, 4.69) is 11.4 Å². The Balaban J connectivity index is 1.49. The van der Waals surface area contributed by atoms with Gasteiger partial charge in [0.25, 0.3) is 5.91 Å². The van der Waals surface area contributed by atoms with E-state index in [0.717, 1.165) is 35.3 Å². The summed E-state index contributed by atoms with van der Waals surface area (Å²) in [6, 6.07) is 17.4. The Hall–Kier alpha value is -2.99.